The second kappa shape index (κ2) is 10.1. The highest BCUT2D eigenvalue weighted by Crippen LogP contribution is 2.47. The molecule has 3 heteroatoms. The molecule has 0 spiro atoms. The second-order valence-electron chi connectivity index (χ2n) is 12.1. The van der Waals surface area contributed by atoms with E-state index in [4.69, 9.17) is 8.83 Å². The summed E-state index contributed by atoms with van der Waals surface area (Å²) in [5, 5.41) is 9.17. The molecule has 0 radical (unpaired) electrons. The van der Waals surface area contributed by atoms with Crippen LogP contribution in [0.15, 0.2) is 173 Å². The predicted molar refractivity (Wildman–Crippen MR) is 196 cm³/mol. The quantitative estimate of drug-likeness (QED) is 0.201. The molecule has 0 atom stereocenters. The van der Waals surface area contributed by atoms with E-state index < -0.39 is 0 Å². The molecule has 0 saturated carbocycles. The van der Waals surface area contributed by atoms with Crippen LogP contribution < -0.4 is 4.90 Å². The fourth-order valence-electron chi connectivity index (χ4n) is 7.30. The molecule has 0 fully saturated rings. The van der Waals surface area contributed by atoms with Crippen LogP contribution in [-0.4, -0.2) is 0 Å². The van der Waals surface area contributed by atoms with Crippen molar-refractivity contribution in [3.8, 4) is 11.1 Å². The summed E-state index contributed by atoms with van der Waals surface area (Å²) < 4.78 is 13.1. The summed E-state index contributed by atoms with van der Waals surface area (Å²) in [4.78, 5) is 2.34. The topological polar surface area (TPSA) is 29.5 Å². The molecule has 2 heterocycles. The van der Waals surface area contributed by atoms with E-state index in [1.54, 1.807) is 0 Å². The van der Waals surface area contributed by atoms with Gasteiger partial charge in [0.15, 0.2) is 0 Å². The number of hydrogen-bond donors (Lipinski definition) is 0. The highest BCUT2D eigenvalue weighted by atomic mass is 16.3. The van der Waals surface area contributed by atoms with Crippen molar-refractivity contribution in [1.82, 2.24) is 0 Å². The fraction of sp³-hybridized carbons (Fsp3) is 0. The first kappa shape index (κ1) is 26.0. The monoisotopic (exact) mass is 601 g/mol. The van der Waals surface area contributed by atoms with Crippen LogP contribution in [0.4, 0.5) is 17.1 Å². The first-order chi connectivity index (χ1) is 23.3. The van der Waals surface area contributed by atoms with Crippen LogP contribution in [0.2, 0.25) is 0 Å². The van der Waals surface area contributed by atoms with Gasteiger partial charge >= 0.3 is 0 Å². The molecule has 0 bridgehead atoms. The summed E-state index contributed by atoms with van der Waals surface area (Å²) in [7, 11) is 0. The minimum Gasteiger partial charge on any atom is -0.456 e. The lowest BCUT2D eigenvalue weighted by Crippen LogP contribution is -2.10. The van der Waals surface area contributed by atoms with Crippen molar-refractivity contribution in [1.29, 1.82) is 0 Å². The third-order valence-electron chi connectivity index (χ3n) is 9.42. The molecule has 0 N–H and O–H groups in total. The average molecular weight is 602 g/mol. The first-order valence-electron chi connectivity index (χ1n) is 15.9. The minimum absolute atomic E-state index is 0.850. The number of hydrogen-bond acceptors (Lipinski definition) is 3. The zero-order chi connectivity index (χ0) is 30.9. The first-order valence-corrected chi connectivity index (χ1v) is 15.9. The lowest BCUT2D eigenvalue weighted by molar-refractivity contribution is 0.669. The molecule has 0 amide bonds. The molecular weight excluding hydrogens is 574 g/mol. The van der Waals surface area contributed by atoms with Crippen LogP contribution in [-0.2, 0) is 0 Å². The van der Waals surface area contributed by atoms with Gasteiger partial charge in [0.2, 0.25) is 0 Å². The highest BCUT2D eigenvalue weighted by molar-refractivity contribution is 6.25. The second-order valence-corrected chi connectivity index (χ2v) is 12.1. The third kappa shape index (κ3) is 4.00. The smallest absolute Gasteiger partial charge is 0.137 e. The van der Waals surface area contributed by atoms with E-state index in [-0.39, 0.29) is 0 Å². The maximum absolute atomic E-state index is 6.72. The maximum atomic E-state index is 6.72. The van der Waals surface area contributed by atoms with Crippen molar-refractivity contribution in [3.63, 3.8) is 0 Å². The van der Waals surface area contributed by atoms with Gasteiger partial charge in [-0.3, -0.25) is 0 Å². The normalized spacial score (nSPS) is 11.8. The van der Waals surface area contributed by atoms with Crippen molar-refractivity contribution < 1.29 is 8.83 Å². The lowest BCUT2D eigenvalue weighted by Gasteiger charge is -2.26. The number of anilines is 3. The third-order valence-corrected chi connectivity index (χ3v) is 9.42. The molecule has 0 saturated heterocycles. The Morgan fingerprint density at radius 2 is 1.02 bits per heavy atom. The fourth-order valence-corrected chi connectivity index (χ4v) is 7.30. The molecule has 10 rings (SSSR count). The number of nitrogens with zero attached hydrogens (tertiary/aromatic N) is 1. The zero-order valence-corrected chi connectivity index (χ0v) is 25.4. The number of rotatable bonds is 4. The van der Waals surface area contributed by atoms with E-state index in [1.165, 1.54) is 27.1 Å². The molecule has 220 valence electrons. The predicted octanol–water partition coefficient (Wildman–Crippen LogP) is 12.9. The van der Waals surface area contributed by atoms with Gasteiger partial charge in [0, 0.05) is 33.6 Å². The van der Waals surface area contributed by atoms with Gasteiger partial charge in [-0.1, -0.05) is 109 Å². The molecule has 0 aliphatic rings. The van der Waals surface area contributed by atoms with Crippen molar-refractivity contribution in [2.75, 3.05) is 4.90 Å². The van der Waals surface area contributed by atoms with E-state index >= 15 is 0 Å². The Bertz CT molecular complexity index is 2810. The molecule has 0 unspecified atom stereocenters. The number of benzene rings is 8. The van der Waals surface area contributed by atoms with Crippen molar-refractivity contribution >= 4 is 82.5 Å². The largest absolute Gasteiger partial charge is 0.456 e. The molecule has 8 aromatic carbocycles. The number of fused-ring (bicyclic) bond motifs is 9. The minimum atomic E-state index is 0.850. The van der Waals surface area contributed by atoms with Gasteiger partial charge in [0.25, 0.3) is 0 Å². The van der Waals surface area contributed by atoms with Gasteiger partial charge in [-0.25, -0.2) is 0 Å². The molecule has 0 aliphatic carbocycles. The molecule has 0 aliphatic heterocycles. The van der Waals surface area contributed by atoms with E-state index in [0.29, 0.717) is 0 Å². The Morgan fingerprint density at radius 1 is 0.362 bits per heavy atom. The Kier molecular flexibility index (Phi) is 5.57. The summed E-state index contributed by atoms with van der Waals surface area (Å²) in [6.45, 7) is 0. The van der Waals surface area contributed by atoms with Crippen LogP contribution in [0, 0.1) is 0 Å². The number of furan rings is 2. The molecule has 10 aromatic rings. The van der Waals surface area contributed by atoms with E-state index in [2.05, 4.69) is 157 Å². The summed E-state index contributed by atoms with van der Waals surface area (Å²) in [6.07, 6.45) is 0. The number of para-hydroxylation sites is 1. The Balaban J connectivity index is 1.29. The SMILES string of the molecule is c1ccc(-c2cc3oc4cccc(N(c5ccc6ccccc6c5)c5ccc6c(c5)oc5ccccc56)c4c3c3ccccc23)cc1. The lowest BCUT2D eigenvalue weighted by atomic mass is 9.94. The van der Waals surface area contributed by atoms with Gasteiger partial charge in [-0.2, -0.15) is 0 Å². The van der Waals surface area contributed by atoms with Gasteiger partial charge in [0.05, 0.1) is 11.1 Å². The molecule has 3 nitrogen and oxygen atoms in total. The molecular formula is C44H27NO2. The van der Waals surface area contributed by atoms with E-state index in [1.807, 2.05) is 12.1 Å². The van der Waals surface area contributed by atoms with Crippen LogP contribution in [0.3, 0.4) is 0 Å². The Labute approximate surface area is 270 Å². The summed E-state index contributed by atoms with van der Waals surface area (Å²) >= 11 is 0. The van der Waals surface area contributed by atoms with E-state index in [9.17, 15) is 0 Å². The van der Waals surface area contributed by atoms with Crippen molar-refractivity contribution in [2.45, 2.75) is 0 Å². The Morgan fingerprint density at radius 3 is 1.91 bits per heavy atom. The summed E-state index contributed by atoms with van der Waals surface area (Å²) in [5.74, 6) is 0. The van der Waals surface area contributed by atoms with Crippen LogP contribution >= 0.6 is 0 Å². The maximum Gasteiger partial charge on any atom is 0.137 e. The van der Waals surface area contributed by atoms with Crippen LogP contribution in [0.25, 0.3) is 76.5 Å². The molecule has 47 heavy (non-hydrogen) atoms. The zero-order valence-electron chi connectivity index (χ0n) is 25.4. The standard InChI is InChI=1S/C44H27NO2/c1-2-12-29(13-3-1)37-27-42-43(36-17-7-6-15-33(36)37)44-38(18-10-20-40(44)47-42)45(31-22-21-28-11-4-5-14-30(28)25-31)32-23-24-35-34-16-8-9-19-39(34)46-41(35)26-32/h1-27H. The van der Waals surface area contributed by atoms with Gasteiger partial charge in [0.1, 0.15) is 22.3 Å². The average Bonchev–Trinajstić information content (AvgIpc) is 3.70. The van der Waals surface area contributed by atoms with Crippen LogP contribution in [0.5, 0.6) is 0 Å². The Hall–Kier alpha value is -6.32. The molecule has 2 aromatic heterocycles. The van der Waals surface area contributed by atoms with Crippen molar-refractivity contribution in [2.24, 2.45) is 0 Å². The van der Waals surface area contributed by atoms with Gasteiger partial charge < -0.3 is 13.7 Å². The highest BCUT2D eigenvalue weighted by Gasteiger charge is 2.23. The van der Waals surface area contributed by atoms with Crippen LogP contribution in [0.1, 0.15) is 0 Å². The summed E-state index contributed by atoms with van der Waals surface area (Å²) in [6, 6.07) is 57.8. The van der Waals surface area contributed by atoms with E-state index in [0.717, 1.165) is 66.5 Å². The van der Waals surface area contributed by atoms with Crippen molar-refractivity contribution in [3.05, 3.63) is 164 Å². The summed E-state index contributed by atoms with van der Waals surface area (Å²) in [5.41, 5.74) is 8.92. The van der Waals surface area contributed by atoms with Gasteiger partial charge in [-0.15, -0.1) is 0 Å². The van der Waals surface area contributed by atoms with Gasteiger partial charge in [-0.05, 0) is 81.2 Å².